The number of benzene rings is 1. The van der Waals surface area contributed by atoms with Crippen molar-refractivity contribution >= 4 is 21.6 Å². The molecule has 1 heterocycles. The number of methoxy groups -OCH3 is 1. The van der Waals surface area contributed by atoms with E-state index in [1.807, 2.05) is 0 Å². The largest absolute Gasteiger partial charge is 0.383 e. The predicted molar refractivity (Wildman–Crippen MR) is 85.0 cm³/mol. The van der Waals surface area contributed by atoms with Gasteiger partial charge in [0.05, 0.1) is 30.9 Å². The van der Waals surface area contributed by atoms with Gasteiger partial charge in [0.15, 0.2) is 0 Å². The number of ether oxygens (including phenoxy) is 1. The Morgan fingerprint density at radius 2 is 2.22 bits per heavy atom. The Morgan fingerprint density at radius 1 is 1.43 bits per heavy atom. The second kappa shape index (κ2) is 7.87. The predicted octanol–water partition coefficient (Wildman–Crippen LogP) is 1.94. The van der Waals surface area contributed by atoms with Crippen LogP contribution in [0.5, 0.6) is 0 Å². The van der Waals surface area contributed by atoms with Crippen LogP contribution in [0.3, 0.4) is 0 Å². The van der Waals surface area contributed by atoms with Crippen LogP contribution in [0.1, 0.15) is 11.3 Å². The average molecular weight is 362 g/mol. The fraction of sp³-hybridized carbons (Fsp3) is 0.357. The Balaban J connectivity index is 2.00. The van der Waals surface area contributed by atoms with Gasteiger partial charge < -0.3 is 9.30 Å². The van der Waals surface area contributed by atoms with Gasteiger partial charge in [-0.2, -0.15) is 0 Å². The van der Waals surface area contributed by atoms with E-state index in [9.17, 15) is 12.8 Å². The van der Waals surface area contributed by atoms with Crippen LogP contribution in [-0.2, 0) is 33.6 Å². The van der Waals surface area contributed by atoms with E-state index >= 15 is 0 Å². The number of nitrogens with one attached hydrogen (secondary N) is 1. The van der Waals surface area contributed by atoms with Gasteiger partial charge in [0.1, 0.15) is 5.82 Å². The first-order valence-corrected chi connectivity index (χ1v) is 8.83. The first-order valence-electron chi connectivity index (χ1n) is 6.80. The van der Waals surface area contributed by atoms with Gasteiger partial charge in [-0.25, -0.2) is 22.5 Å². The van der Waals surface area contributed by atoms with Crippen LogP contribution in [-0.4, -0.2) is 31.7 Å². The van der Waals surface area contributed by atoms with Crippen LogP contribution in [0.4, 0.5) is 4.39 Å². The van der Waals surface area contributed by atoms with Gasteiger partial charge in [0.2, 0.25) is 10.0 Å². The van der Waals surface area contributed by atoms with Crippen molar-refractivity contribution in [3.05, 3.63) is 52.8 Å². The van der Waals surface area contributed by atoms with Gasteiger partial charge >= 0.3 is 0 Å². The lowest BCUT2D eigenvalue weighted by atomic mass is 10.2. The molecule has 126 valence electrons. The number of nitrogens with zero attached hydrogens (tertiary/aromatic N) is 2. The molecule has 0 aliphatic carbocycles. The second-order valence-corrected chi connectivity index (χ2v) is 7.13. The van der Waals surface area contributed by atoms with Crippen LogP contribution in [0.15, 0.2) is 30.7 Å². The van der Waals surface area contributed by atoms with Crippen LogP contribution >= 0.6 is 11.6 Å². The Labute approximate surface area is 139 Å². The molecule has 0 bridgehead atoms. The second-order valence-electron chi connectivity index (χ2n) is 4.89. The van der Waals surface area contributed by atoms with Gasteiger partial charge in [0, 0.05) is 30.4 Å². The summed E-state index contributed by atoms with van der Waals surface area (Å²) in [5.74, 6) is -1.10. The number of rotatable bonds is 8. The Morgan fingerprint density at radius 3 is 2.91 bits per heavy atom. The molecule has 2 rings (SSSR count). The summed E-state index contributed by atoms with van der Waals surface area (Å²) in [7, 11) is -2.11. The maximum Gasteiger partial charge on any atom is 0.216 e. The van der Waals surface area contributed by atoms with Gasteiger partial charge in [-0.05, 0) is 12.1 Å². The fourth-order valence-electron chi connectivity index (χ4n) is 1.96. The van der Waals surface area contributed by atoms with E-state index in [2.05, 4.69) is 9.71 Å². The van der Waals surface area contributed by atoms with E-state index < -0.39 is 21.6 Å². The highest BCUT2D eigenvalue weighted by atomic mass is 35.5. The maximum absolute atomic E-state index is 13.7. The van der Waals surface area contributed by atoms with E-state index in [0.717, 1.165) is 6.07 Å². The molecule has 6 nitrogen and oxygen atoms in total. The van der Waals surface area contributed by atoms with Gasteiger partial charge in [-0.1, -0.05) is 17.7 Å². The Bertz CT molecular complexity index is 764. The zero-order valence-corrected chi connectivity index (χ0v) is 14.1. The molecule has 0 unspecified atom stereocenters. The first kappa shape index (κ1) is 17.9. The summed E-state index contributed by atoms with van der Waals surface area (Å²) in [5, 5.41) is 0.221. The maximum atomic E-state index is 13.7. The molecule has 0 radical (unpaired) electrons. The van der Waals surface area contributed by atoms with Crippen LogP contribution < -0.4 is 4.72 Å². The van der Waals surface area contributed by atoms with Crippen molar-refractivity contribution in [3.8, 4) is 0 Å². The summed E-state index contributed by atoms with van der Waals surface area (Å²) in [6.45, 7) is 1.13. The molecule has 9 heteroatoms. The molecule has 0 saturated carbocycles. The molecule has 1 N–H and O–H groups in total. The number of imidazole rings is 1. The topological polar surface area (TPSA) is 73.2 Å². The average Bonchev–Trinajstić information content (AvgIpc) is 2.93. The minimum Gasteiger partial charge on any atom is -0.383 e. The molecule has 23 heavy (non-hydrogen) atoms. The summed E-state index contributed by atoms with van der Waals surface area (Å²) < 4.78 is 47.1. The third-order valence-corrected chi connectivity index (χ3v) is 4.68. The lowest BCUT2D eigenvalue weighted by molar-refractivity contribution is 0.186. The van der Waals surface area contributed by atoms with Gasteiger partial charge in [-0.3, -0.25) is 0 Å². The normalized spacial score (nSPS) is 11.8. The third kappa shape index (κ3) is 5.28. The smallest absolute Gasteiger partial charge is 0.216 e. The standard InChI is InChI=1S/C14H17ClFN3O3S/c1-22-5-4-19-10-17-7-13(19)8-18-23(20,21)9-11-2-3-12(15)6-14(11)16/h2-3,6-7,10,18H,4-5,8-9H2,1H3. The van der Waals surface area contributed by atoms with Gasteiger partial charge in [0.25, 0.3) is 0 Å². The van der Waals surface area contributed by atoms with Crippen molar-refractivity contribution in [2.75, 3.05) is 13.7 Å². The van der Waals surface area contributed by atoms with Crippen molar-refractivity contribution in [1.82, 2.24) is 14.3 Å². The molecular weight excluding hydrogens is 345 g/mol. The summed E-state index contributed by atoms with van der Waals surface area (Å²) in [6.07, 6.45) is 3.17. The molecular formula is C14H17ClFN3O3S. The monoisotopic (exact) mass is 361 g/mol. The summed E-state index contributed by atoms with van der Waals surface area (Å²) in [6, 6.07) is 3.90. The van der Waals surface area contributed by atoms with E-state index in [4.69, 9.17) is 16.3 Å². The molecule has 0 spiro atoms. The van der Waals surface area contributed by atoms with Crippen molar-refractivity contribution in [2.24, 2.45) is 0 Å². The summed E-state index contributed by atoms with van der Waals surface area (Å²) in [5.41, 5.74) is 0.761. The SMILES string of the molecule is COCCn1cncc1CNS(=O)(=O)Cc1ccc(Cl)cc1F. The molecule has 0 atom stereocenters. The molecule has 0 saturated heterocycles. The van der Waals surface area contributed by atoms with Crippen molar-refractivity contribution in [2.45, 2.75) is 18.8 Å². The molecule has 2 aromatic rings. The fourth-order valence-corrected chi connectivity index (χ4v) is 3.24. The number of halogens is 2. The highest BCUT2D eigenvalue weighted by molar-refractivity contribution is 7.88. The number of aromatic nitrogens is 2. The minimum absolute atomic E-state index is 0.0646. The number of hydrogen-bond donors (Lipinski definition) is 1. The van der Waals surface area contributed by atoms with Crippen molar-refractivity contribution in [3.63, 3.8) is 0 Å². The van der Waals surface area contributed by atoms with E-state index in [-0.39, 0.29) is 17.1 Å². The summed E-state index contributed by atoms with van der Waals surface area (Å²) >= 11 is 5.65. The van der Waals surface area contributed by atoms with E-state index in [1.54, 1.807) is 24.2 Å². The minimum atomic E-state index is -3.69. The van der Waals surface area contributed by atoms with Crippen LogP contribution in [0.25, 0.3) is 0 Å². The van der Waals surface area contributed by atoms with Gasteiger partial charge in [-0.15, -0.1) is 0 Å². The number of hydrogen-bond acceptors (Lipinski definition) is 4. The first-order chi connectivity index (χ1) is 10.9. The Hall–Kier alpha value is -1.48. The Kier molecular flexibility index (Phi) is 6.11. The lowest BCUT2D eigenvalue weighted by Crippen LogP contribution is -2.26. The van der Waals surface area contributed by atoms with Crippen LogP contribution in [0.2, 0.25) is 5.02 Å². The third-order valence-electron chi connectivity index (χ3n) is 3.17. The molecule has 0 aliphatic heterocycles. The summed E-state index contributed by atoms with van der Waals surface area (Å²) in [4.78, 5) is 3.98. The zero-order valence-electron chi connectivity index (χ0n) is 12.5. The van der Waals surface area contributed by atoms with E-state index in [0.29, 0.717) is 18.8 Å². The van der Waals surface area contributed by atoms with E-state index in [1.165, 1.54) is 12.1 Å². The molecule has 0 aliphatic rings. The highest BCUT2D eigenvalue weighted by Gasteiger charge is 2.15. The quantitative estimate of drug-likeness (QED) is 0.779. The van der Waals surface area contributed by atoms with Crippen molar-refractivity contribution in [1.29, 1.82) is 0 Å². The van der Waals surface area contributed by atoms with Crippen LogP contribution in [0, 0.1) is 5.82 Å². The molecule has 0 fully saturated rings. The zero-order chi connectivity index (χ0) is 16.9. The highest BCUT2D eigenvalue weighted by Crippen LogP contribution is 2.16. The number of sulfonamides is 1. The van der Waals surface area contributed by atoms with Crippen molar-refractivity contribution < 1.29 is 17.5 Å². The molecule has 0 amide bonds. The molecule has 1 aromatic carbocycles. The lowest BCUT2D eigenvalue weighted by Gasteiger charge is -2.10. The molecule has 1 aromatic heterocycles.